The highest BCUT2D eigenvalue weighted by Gasteiger charge is 2.59. The number of alkyl halides is 1. The molecule has 0 radical (unpaired) electrons. The van der Waals surface area contributed by atoms with Gasteiger partial charge < -0.3 is 9.72 Å². The van der Waals surface area contributed by atoms with E-state index in [9.17, 15) is 9.59 Å². The van der Waals surface area contributed by atoms with Crippen LogP contribution in [0.4, 0.5) is 4.79 Å². The second-order valence-corrected chi connectivity index (χ2v) is 9.01. The van der Waals surface area contributed by atoms with Gasteiger partial charge in [-0.15, -0.1) is 0 Å². The molecule has 2 unspecified atom stereocenters. The van der Waals surface area contributed by atoms with Gasteiger partial charge in [0.2, 0.25) is 0 Å². The van der Waals surface area contributed by atoms with Gasteiger partial charge in [0, 0.05) is 34.9 Å². The predicted molar refractivity (Wildman–Crippen MR) is 123 cm³/mol. The van der Waals surface area contributed by atoms with Crippen LogP contribution in [-0.2, 0) is 11.2 Å². The van der Waals surface area contributed by atoms with E-state index in [2.05, 4.69) is 20.9 Å². The Morgan fingerprint density at radius 2 is 1.97 bits per heavy atom. The van der Waals surface area contributed by atoms with Gasteiger partial charge >= 0.3 is 6.03 Å². The molecule has 1 aromatic heterocycles. The van der Waals surface area contributed by atoms with Crippen LogP contribution in [0.2, 0.25) is 0 Å². The lowest BCUT2D eigenvalue weighted by Crippen LogP contribution is -2.53. The molecule has 2 aliphatic rings. The molecule has 0 bridgehead atoms. The Morgan fingerprint density at radius 3 is 2.68 bits per heavy atom. The first-order valence-corrected chi connectivity index (χ1v) is 11.6. The maximum Gasteiger partial charge on any atom is 0.328 e. The number of imide groups is 1. The molecule has 160 valence electrons. The van der Waals surface area contributed by atoms with E-state index >= 15 is 0 Å². The number of carbonyl (C=O) groups excluding carboxylic acids is 2. The number of halogens is 1. The minimum absolute atomic E-state index is 0.140. The molecule has 31 heavy (non-hydrogen) atoms. The second kappa shape index (κ2) is 7.41. The zero-order valence-electron chi connectivity index (χ0n) is 17.5. The van der Waals surface area contributed by atoms with Gasteiger partial charge in [0.25, 0.3) is 5.91 Å². The summed E-state index contributed by atoms with van der Waals surface area (Å²) < 4.78 is 5.73. The number of aromatic nitrogens is 1. The molecule has 1 saturated heterocycles. The van der Waals surface area contributed by atoms with Crippen molar-refractivity contribution in [1.29, 1.82) is 0 Å². The van der Waals surface area contributed by atoms with Gasteiger partial charge in [0.1, 0.15) is 17.3 Å². The van der Waals surface area contributed by atoms with Gasteiger partial charge in [-0.2, -0.15) is 0 Å². The molecule has 0 saturated carbocycles. The van der Waals surface area contributed by atoms with Crippen LogP contribution < -0.4 is 4.74 Å². The molecular weight excluding hydrogens is 458 g/mol. The Balaban J connectivity index is 1.75. The van der Waals surface area contributed by atoms with Crippen molar-refractivity contribution < 1.29 is 14.3 Å². The maximum absolute atomic E-state index is 13.5. The highest BCUT2D eigenvalue weighted by Crippen LogP contribution is 2.48. The van der Waals surface area contributed by atoms with E-state index in [-0.39, 0.29) is 18.0 Å². The molecule has 3 heterocycles. The lowest BCUT2D eigenvalue weighted by atomic mass is 9.81. The lowest BCUT2D eigenvalue weighted by Gasteiger charge is -2.42. The van der Waals surface area contributed by atoms with Gasteiger partial charge in [0.15, 0.2) is 0 Å². The molecule has 1 fully saturated rings. The summed E-state index contributed by atoms with van der Waals surface area (Å²) in [5, 5.41) is 1.60. The van der Waals surface area contributed by atoms with Crippen LogP contribution in [0.25, 0.3) is 10.9 Å². The van der Waals surface area contributed by atoms with Crippen molar-refractivity contribution in [2.24, 2.45) is 0 Å². The largest absolute Gasteiger partial charge is 0.494 e. The molecule has 5 rings (SSSR count). The molecule has 0 spiro atoms. The maximum atomic E-state index is 13.5. The number of aromatic amines is 1. The van der Waals surface area contributed by atoms with Crippen LogP contribution in [0.3, 0.4) is 0 Å². The smallest absolute Gasteiger partial charge is 0.328 e. The van der Waals surface area contributed by atoms with Crippen molar-refractivity contribution in [3.05, 3.63) is 65.4 Å². The van der Waals surface area contributed by atoms with Crippen molar-refractivity contribution in [3.8, 4) is 5.75 Å². The summed E-state index contributed by atoms with van der Waals surface area (Å²) in [4.78, 5) is 33.7. The zero-order valence-corrected chi connectivity index (χ0v) is 19.1. The molecule has 7 heteroatoms. The molecule has 3 amide bonds. The third-order valence-electron chi connectivity index (χ3n) is 6.37. The number of nitrogens with one attached hydrogen (secondary N) is 1. The quantitative estimate of drug-likeness (QED) is 0.426. The number of hydrogen-bond donors (Lipinski definition) is 1. The molecule has 2 aliphatic heterocycles. The lowest BCUT2D eigenvalue weighted by molar-refractivity contribution is -0.133. The van der Waals surface area contributed by atoms with Crippen molar-refractivity contribution in [2.75, 3.05) is 18.5 Å². The Kier molecular flexibility index (Phi) is 4.81. The Hall–Kier alpha value is -2.80. The highest BCUT2D eigenvalue weighted by molar-refractivity contribution is 9.09. The van der Waals surface area contributed by atoms with E-state index in [1.54, 1.807) is 4.90 Å². The number of ether oxygens (including phenoxy) is 1. The van der Waals surface area contributed by atoms with Crippen LogP contribution in [0.5, 0.6) is 5.75 Å². The van der Waals surface area contributed by atoms with Crippen LogP contribution in [0.1, 0.15) is 36.7 Å². The van der Waals surface area contributed by atoms with E-state index < -0.39 is 5.54 Å². The van der Waals surface area contributed by atoms with Gasteiger partial charge in [0.05, 0.1) is 6.61 Å². The summed E-state index contributed by atoms with van der Waals surface area (Å²) in [6.07, 6.45) is 0.463. The van der Waals surface area contributed by atoms with E-state index in [1.165, 1.54) is 4.90 Å². The van der Waals surface area contributed by atoms with E-state index in [1.807, 2.05) is 62.4 Å². The molecule has 6 nitrogen and oxygen atoms in total. The fourth-order valence-electron chi connectivity index (χ4n) is 5.01. The fourth-order valence-corrected chi connectivity index (χ4v) is 5.37. The second-order valence-electron chi connectivity index (χ2n) is 8.22. The molecule has 2 atom stereocenters. The summed E-state index contributed by atoms with van der Waals surface area (Å²) in [5.74, 6) is 0.661. The first-order valence-electron chi connectivity index (χ1n) is 10.5. The number of rotatable bonds is 5. The minimum Gasteiger partial charge on any atom is -0.494 e. The van der Waals surface area contributed by atoms with Gasteiger partial charge in [-0.05, 0) is 43.2 Å². The molecule has 0 aliphatic carbocycles. The number of carbonyl (C=O) groups is 2. The summed E-state index contributed by atoms with van der Waals surface area (Å²) >= 11 is 3.38. The molecular formula is C24H24BrN3O3. The van der Waals surface area contributed by atoms with Crippen LogP contribution >= 0.6 is 15.9 Å². The first-order chi connectivity index (χ1) is 15.0. The Bertz CT molecular complexity index is 1180. The normalized spacial score (nSPS) is 22.7. The van der Waals surface area contributed by atoms with Crippen molar-refractivity contribution in [1.82, 2.24) is 14.8 Å². The summed E-state index contributed by atoms with van der Waals surface area (Å²) in [7, 11) is 0. The molecule has 1 N–H and O–H groups in total. The number of nitrogens with zero attached hydrogens (tertiary/aromatic N) is 2. The number of fused-ring (bicyclic) bond motifs is 4. The van der Waals surface area contributed by atoms with Gasteiger partial charge in [-0.1, -0.05) is 46.3 Å². The number of hydrogen-bond acceptors (Lipinski definition) is 3. The Morgan fingerprint density at radius 1 is 1.19 bits per heavy atom. The summed E-state index contributed by atoms with van der Waals surface area (Å²) in [6, 6.07) is 15.3. The van der Waals surface area contributed by atoms with Gasteiger partial charge in [-0.3, -0.25) is 14.6 Å². The SMILES string of the molecule is CCOc1ccc2[nH]c3c(c2c1)CC1(C)C(=O)N(CCBr)C(=O)N1C3c1ccccc1. The van der Waals surface area contributed by atoms with E-state index in [0.29, 0.717) is 24.9 Å². The van der Waals surface area contributed by atoms with Gasteiger partial charge in [-0.25, -0.2) is 4.79 Å². The fraction of sp³-hybridized carbons (Fsp3) is 0.333. The number of urea groups is 1. The van der Waals surface area contributed by atoms with E-state index in [0.717, 1.165) is 33.5 Å². The van der Waals surface area contributed by atoms with Crippen LogP contribution in [0.15, 0.2) is 48.5 Å². The molecule has 3 aromatic rings. The van der Waals surface area contributed by atoms with Crippen molar-refractivity contribution in [2.45, 2.75) is 31.8 Å². The average Bonchev–Trinajstić information content (AvgIpc) is 3.21. The third-order valence-corrected chi connectivity index (χ3v) is 6.73. The summed E-state index contributed by atoms with van der Waals surface area (Å²) in [6.45, 7) is 4.80. The standard InChI is InChI=1S/C24H24BrN3O3/c1-3-31-16-9-10-19-17(13-16)18-14-24(2)22(29)27(12-11-25)23(30)28(24)21(20(18)26-19)15-7-5-4-6-8-15/h4-10,13,21,26H,3,11-12,14H2,1-2H3. The number of amides is 3. The average molecular weight is 482 g/mol. The predicted octanol–water partition coefficient (Wildman–Crippen LogP) is 4.63. The summed E-state index contributed by atoms with van der Waals surface area (Å²) in [5.41, 5.74) is 3.06. The zero-order chi connectivity index (χ0) is 21.8. The molecule has 2 aromatic carbocycles. The monoisotopic (exact) mass is 481 g/mol. The first kappa shape index (κ1) is 20.1. The van der Waals surface area contributed by atoms with Crippen molar-refractivity contribution in [3.63, 3.8) is 0 Å². The highest BCUT2D eigenvalue weighted by atomic mass is 79.9. The topological polar surface area (TPSA) is 65.6 Å². The number of benzene rings is 2. The third kappa shape index (κ3) is 2.90. The van der Waals surface area contributed by atoms with Crippen LogP contribution in [0, 0.1) is 0 Å². The van der Waals surface area contributed by atoms with E-state index in [4.69, 9.17) is 4.74 Å². The Labute approximate surface area is 189 Å². The van der Waals surface area contributed by atoms with Crippen molar-refractivity contribution >= 4 is 38.8 Å². The van der Waals surface area contributed by atoms with Crippen LogP contribution in [-0.4, -0.2) is 50.7 Å². The minimum atomic E-state index is -0.941. The number of H-pyrrole nitrogens is 1.